The molecule has 1 aromatic rings. The summed E-state index contributed by atoms with van der Waals surface area (Å²) in [4.78, 5) is 0. The Morgan fingerprint density at radius 3 is 2.61 bits per heavy atom. The van der Waals surface area contributed by atoms with Gasteiger partial charge >= 0.3 is 0 Å². The lowest BCUT2D eigenvalue weighted by molar-refractivity contribution is 0.356. The highest BCUT2D eigenvalue weighted by molar-refractivity contribution is 9.10. The Balaban J connectivity index is 2.03. The molecule has 2 rings (SSSR count). The van der Waals surface area contributed by atoms with Crippen LogP contribution < -0.4 is 4.72 Å². The molecule has 1 saturated carbocycles. The van der Waals surface area contributed by atoms with E-state index in [9.17, 15) is 8.42 Å². The number of halogens is 1. The minimum Gasteiger partial charge on any atom is -0.235 e. The number of sulfonamides is 1. The number of rotatable bonds is 4. The number of hydrogen-bond acceptors (Lipinski definition) is 4. The third kappa shape index (κ3) is 3.10. The van der Waals surface area contributed by atoms with Crippen LogP contribution in [0.3, 0.4) is 0 Å². The molecule has 0 unspecified atom stereocenters. The van der Waals surface area contributed by atoms with Crippen molar-refractivity contribution in [3.8, 4) is 0 Å². The number of nitrogens with one attached hydrogen (secondary N) is 1. The maximum Gasteiger partial charge on any atom is 0.260 e. The third-order valence-corrected chi connectivity index (χ3v) is 5.59. The molecule has 102 valence electrons. The van der Waals surface area contributed by atoms with Crippen molar-refractivity contribution >= 4 is 26.0 Å². The Labute approximate surface area is 115 Å². The van der Waals surface area contributed by atoms with Crippen LogP contribution in [0.25, 0.3) is 0 Å². The highest BCUT2D eigenvalue weighted by atomic mass is 79.9. The van der Waals surface area contributed by atoms with Gasteiger partial charge in [0, 0.05) is 13.6 Å². The van der Waals surface area contributed by atoms with E-state index in [0.29, 0.717) is 12.5 Å². The van der Waals surface area contributed by atoms with E-state index in [2.05, 4.69) is 31.0 Å². The second kappa shape index (κ2) is 5.66. The van der Waals surface area contributed by atoms with Crippen LogP contribution >= 0.6 is 15.9 Å². The van der Waals surface area contributed by atoms with Gasteiger partial charge in [-0.05, 0) is 34.7 Å². The molecular formula is C10H17BrN4O2S. The minimum absolute atomic E-state index is 0.0818. The number of nitrogens with zero attached hydrogens (tertiary/aromatic N) is 3. The zero-order valence-electron chi connectivity index (χ0n) is 10.3. The Hall–Kier alpha value is -0.470. The molecule has 8 heteroatoms. The van der Waals surface area contributed by atoms with E-state index in [1.165, 1.54) is 23.9 Å². The Kier molecular flexibility index (Phi) is 4.39. The Morgan fingerprint density at radius 1 is 1.39 bits per heavy atom. The minimum atomic E-state index is -3.54. The standard InChI is InChI=1S/C10H17BrN4O2S/c1-15-10(9(11)13-14-15)18(16,17)12-7-8-5-3-2-4-6-8/h8,12H,2-7H2,1H3. The lowest BCUT2D eigenvalue weighted by Crippen LogP contribution is -2.31. The van der Waals surface area contributed by atoms with Crippen molar-refractivity contribution in [1.82, 2.24) is 19.7 Å². The fourth-order valence-electron chi connectivity index (χ4n) is 2.30. The van der Waals surface area contributed by atoms with Gasteiger partial charge in [-0.25, -0.2) is 17.8 Å². The first-order valence-electron chi connectivity index (χ1n) is 6.05. The average Bonchev–Trinajstić information content (AvgIpc) is 2.69. The molecule has 0 amide bonds. The van der Waals surface area contributed by atoms with Gasteiger partial charge in [0.05, 0.1) is 0 Å². The maximum atomic E-state index is 12.1. The fourth-order valence-corrected chi connectivity index (χ4v) is 4.50. The Morgan fingerprint density at radius 2 is 2.06 bits per heavy atom. The zero-order valence-corrected chi connectivity index (χ0v) is 12.7. The van der Waals surface area contributed by atoms with Crippen LogP contribution in [0.4, 0.5) is 0 Å². The molecule has 1 aliphatic rings. The lowest BCUT2D eigenvalue weighted by atomic mass is 9.90. The molecular weight excluding hydrogens is 320 g/mol. The van der Waals surface area contributed by atoms with E-state index < -0.39 is 10.0 Å². The largest absolute Gasteiger partial charge is 0.260 e. The van der Waals surface area contributed by atoms with Crippen molar-refractivity contribution in [3.63, 3.8) is 0 Å². The van der Waals surface area contributed by atoms with Gasteiger partial charge in [-0.2, -0.15) is 0 Å². The summed E-state index contributed by atoms with van der Waals surface area (Å²) in [7, 11) is -1.97. The molecule has 18 heavy (non-hydrogen) atoms. The van der Waals surface area contributed by atoms with Gasteiger partial charge in [-0.1, -0.05) is 24.5 Å². The molecule has 0 aliphatic heterocycles. The fraction of sp³-hybridized carbons (Fsp3) is 0.800. The number of aromatic nitrogens is 3. The van der Waals surface area contributed by atoms with Crippen LogP contribution in [-0.4, -0.2) is 30.0 Å². The summed E-state index contributed by atoms with van der Waals surface area (Å²) in [6.07, 6.45) is 5.87. The number of aryl methyl sites for hydroxylation is 1. The molecule has 0 aromatic carbocycles. The van der Waals surface area contributed by atoms with Gasteiger partial charge in [0.2, 0.25) is 5.03 Å². The molecule has 0 saturated heterocycles. The van der Waals surface area contributed by atoms with Crippen molar-refractivity contribution < 1.29 is 8.42 Å². The molecule has 6 nitrogen and oxygen atoms in total. The first kappa shape index (κ1) is 14.0. The van der Waals surface area contributed by atoms with Crippen LogP contribution in [0.15, 0.2) is 9.63 Å². The quantitative estimate of drug-likeness (QED) is 0.902. The molecule has 0 bridgehead atoms. The van der Waals surface area contributed by atoms with Gasteiger partial charge < -0.3 is 0 Å². The maximum absolute atomic E-state index is 12.1. The summed E-state index contributed by atoms with van der Waals surface area (Å²) in [5.41, 5.74) is 0. The molecule has 1 N–H and O–H groups in total. The summed E-state index contributed by atoms with van der Waals surface area (Å²) in [6.45, 7) is 0.500. The summed E-state index contributed by atoms with van der Waals surface area (Å²) < 4.78 is 28.4. The summed E-state index contributed by atoms with van der Waals surface area (Å²) in [5, 5.41) is 7.45. The van der Waals surface area contributed by atoms with Crippen molar-refractivity contribution in [2.45, 2.75) is 37.1 Å². The van der Waals surface area contributed by atoms with E-state index in [0.717, 1.165) is 12.8 Å². The first-order valence-corrected chi connectivity index (χ1v) is 8.33. The molecule has 1 fully saturated rings. The van der Waals surface area contributed by atoms with E-state index in [4.69, 9.17) is 0 Å². The summed E-state index contributed by atoms with van der Waals surface area (Å²) >= 11 is 3.11. The van der Waals surface area contributed by atoms with E-state index >= 15 is 0 Å². The summed E-state index contributed by atoms with van der Waals surface area (Å²) in [6, 6.07) is 0. The van der Waals surface area contributed by atoms with Crippen LogP contribution in [-0.2, 0) is 17.1 Å². The predicted molar refractivity (Wildman–Crippen MR) is 70.5 cm³/mol. The van der Waals surface area contributed by atoms with Gasteiger partial charge in [0.15, 0.2) is 4.60 Å². The van der Waals surface area contributed by atoms with Gasteiger partial charge in [0.1, 0.15) is 0 Å². The molecule has 1 aliphatic carbocycles. The van der Waals surface area contributed by atoms with Crippen LogP contribution in [0.2, 0.25) is 0 Å². The van der Waals surface area contributed by atoms with E-state index in [1.807, 2.05) is 0 Å². The molecule has 0 spiro atoms. The SMILES string of the molecule is Cn1nnc(Br)c1S(=O)(=O)NCC1CCCCC1. The molecule has 0 radical (unpaired) electrons. The average molecular weight is 337 g/mol. The zero-order chi connectivity index (χ0) is 13.2. The molecule has 1 aromatic heterocycles. The second-order valence-electron chi connectivity index (χ2n) is 4.66. The monoisotopic (exact) mass is 336 g/mol. The van der Waals surface area contributed by atoms with Gasteiger partial charge in [-0.3, -0.25) is 0 Å². The third-order valence-electron chi connectivity index (χ3n) is 3.28. The predicted octanol–water partition coefficient (Wildman–Crippen LogP) is 1.44. The highest BCUT2D eigenvalue weighted by Gasteiger charge is 2.25. The van der Waals surface area contributed by atoms with E-state index in [-0.39, 0.29) is 9.63 Å². The highest BCUT2D eigenvalue weighted by Crippen LogP contribution is 2.24. The lowest BCUT2D eigenvalue weighted by Gasteiger charge is -2.21. The molecule has 0 atom stereocenters. The van der Waals surface area contributed by atoms with Crippen LogP contribution in [0.5, 0.6) is 0 Å². The van der Waals surface area contributed by atoms with Crippen molar-refractivity contribution in [2.24, 2.45) is 13.0 Å². The smallest absolute Gasteiger partial charge is 0.235 e. The van der Waals surface area contributed by atoms with Crippen LogP contribution in [0.1, 0.15) is 32.1 Å². The van der Waals surface area contributed by atoms with Gasteiger partial charge in [-0.15, -0.1) is 5.10 Å². The van der Waals surface area contributed by atoms with Crippen molar-refractivity contribution in [3.05, 3.63) is 4.60 Å². The summed E-state index contributed by atoms with van der Waals surface area (Å²) in [5.74, 6) is 0.452. The van der Waals surface area contributed by atoms with E-state index in [1.54, 1.807) is 7.05 Å². The normalized spacial score (nSPS) is 18.1. The topological polar surface area (TPSA) is 76.9 Å². The number of hydrogen-bond donors (Lipinski definition) is 1. The van der Waals surface area contributed by atoms with Crippen molar-refractivity contribution in [2.75, 3.05) is 6.54 Å². The van der Waals surface area contributed by atoms with Crippen molar-refractivity contribution in [1.29, 1.82) is 0 Å². The molecule has 1 heterocycles. The Bertz CT molecular complexity index is 488. The van der Waals surface area contributed by atoms with Crippen LogP contribution in [0, 0.1) is 5.92 Å². The first-order chi connectivity index (χ1) is 8.50. The van der Waals surface area contributed by atoms with Gasteiger partial charge in [0.25, 0.3) is 10.0 Å². The second-order valence-corrected chi connectivity index (χ2v) is 7.10.